The average molecular weight is 238 g/mol. The summed E-state index contributed by atoms with van der Waals surface area (Å²) >= 11 is 0. The Balaban J connectivity index is 1.91. The second-order valence-corrected chi connectivity index (χ2v) is 7.77. The zero-order chi connectivity index (χ0) is 12.5. The van der Waals surface area contributed by atoms with Crippen LogP contribution in [-0.4, -0.2) is 37.1 Å². The molecule has 2 aliphatic heterocycles. The van der Waals surface area contributed by atoms with Crippen LogP contribution in [0, 0.1) is 10.8 Å². The van der Waals surface area contributed by atoms with E-state index in [0.717, 1.165) is 6.04 Å². The van der Waals surface area contributed by atoms with E-state index in [0.29, 0.717) is 10.8 Å². The van der Waals surface area contributed by atoms with Gasteiger partial charge in [0.05, 0.1) is 0 Å². The van der Waals surface area contributed by atoms with Gasteiger partial charge in [0, 0.05) is 19.1 Å². The summed E-state index contributed by atoms with van der Waals surface area (Å²) < 4.78 is 0. The van der Waals surface area contributed by atoms with Crippen LogP contribution in [0.1, 0.15) is 53.4 Å². The molecule has 0 bridgehead atoms. The molecule has 100 valence electrons. The maximum atomic E-state index is 3.52. The highest BCUT2D eigenvalue weighted by Crippen LogP contribution is 2.34. The molecule has 0 aromatic carbocycles. The molecule has 2 heteroatoms. The Kier molecular flexibility index (Phi) is 3.84. The summed E-state index contributed by atoms with van der Waals surface area (Å²) in [6, 6.07) is 0.840. The summed E-state index contributed by atoms with van der Waals surface area (Å²) in [4.78, 5) is 2.78. The first-order valence-electron chi connectivity index (χ1n) is 7.33. The van der Waals surface area contributed by atoms with E-state index in [1.165, 1.54) is 51.9 Å². The van der Waals surface area contributed by atoms with E-state index in [1.54, 1.807) is 0 Å². The third-order valence-corrected chi connectivity index (χ3v) is 4.39. The highest BCUT2D eigenvalue weighted by atomic mass is 15.2. The quantitative estimate of drug-likeness (QED) is 0.813. The second kappa shape index (κ2) is 4.89. The Morgan fingerprint density at radius 3 is 2.71 bits per heavy atom. The molecule has 0 aromatic heterocycles. The summed E-state index contributed by atoms with van der Waals surface area (Å²) in [5.41, 5.74) is 1.00. The Hall–Kier alpha value is -0.0800. The van der Waals surface area contributed by atoms with Crippen molar-refractivity contribution in [2.24, 2.45) is 10.8 Å². The van der Waals surface area contributed by atoms with Gasteiger partial charge in [-0.3, -0.25) is 4.90 Å². The number of nitrogens with one attached hydrogen (secondary N) is 1. The Morgan fingerprint density at radius 1 is 1.35 bits per heavy atom. The van der Waals surface area contributed by atoms with Crippen LogP contribution in [0.5, 0.6) is 0 Å². The van der Waals surface area contributed by atoms with Gasteiger partial charge in [-0.1, -0.05) is 27.7 Å². The molecule has 0 saturated carbocycles. The van der Waals surface area contributed by atoms with Crippen molar-refractivity contribution in [1.82, 2.24) is 10.2 Å². The van der Waals surface area contributed by atoms with Crippen LogP contribution in [-0.2, 0) is 0 Å². The maximum absolute atomic E-state index is 3.52. The van der Waals surface area contributed by atoms with Gasteiger partial charge >= 0.3 is 0 Å². The number of likely N-dealkylation sites (tertiary alicyclic amines) is 1. The zero-order valence-corrected chi connectivity index (χ0v) is 12.2. The van der Waals surface area contributed by atoms with Crippen LogP contribution in [0.4, 0.5) is 0 Å². The smallest absolute Gasteiger partial charge is 0.0101 e. The molecule has 2 saturated heterocycles. The fourth-order valence-electron chi connectivity index (χ4n) is 3.54. The minimum Gasteiger partial charge on any atom is -0.316 e. The number of hydrogen-bond donors (Lipinski definition) is 1. The summed E-state index contributed by atoms with van der Waals surface area (Å²) in [5, 5.41) is 3.52. The molecule has 2 aliphatic rings. The lowest BCUT2D eigenvalue weighted by atomic mass is 9.85. The van der Waals surface area contributed by atoms with Crippen LogP contribution >= 0.6 is 0 Å². The van der Waals surface area contributed by atoms with Gasteiger partial charge in [0.2, 0.25) is 0 Å². The van der Waals surface area contributed by atoms with E-state index in [4.69, 9.17) is 0 Å². The lowest BCUT2D eigenvalue weighted by Gasteiger charge is -2.35. The van der Waals surface area contributed by atoms with Gasteiger partial charge in [0.25, 0.3) is 0 Å². The van der Waals surface area contributed by atoms with Crippen LogP contribution in [0.25, 0.3) is 0 Å². The topological polar surface area (TPSA) is 15.3 Å². The molecule has 2 nitrogen and oxygen atoms in total. The molecule has 0 aromatic rings. The minimum absolute atomic E-state index is 0.474. The standard InChI is InChI=1S/C15H30N2/c1-14(2,3)10-13-6-5-9-17(13)12-15(4)7-8-16-11-15/h13,16H,5-12H2,1-4H3. The Labute approximate surface area is 107 Å². The van der Waals surface area contributed by atoms with Crippen molar-refractivity contribution in [3.05, 3.63) is 0 Å². The van der Waals surface area contributed by atoms with E-state index in [1.807, 2.05) is 0 Å². The number of nitrogens with zero attached hydrogens (tertiary/aromatic N) is 1. The van der Waals surface area contributed by atoms with Crippen molar-refractivity contribution >= 4 is 0 Å². The molecule has 17 heavy (non-hydrogen) atoms. The first-order chi connectivity index (χ1) is 7.88. The third-order valence-electron chi connectivity index (χ3n) is 4.39. The third kappa shape index (κ3) is 3.69. The molecule has 2 atom stereocenters. The van der Waals surface area contributed by atoms with E-state index < -0.39 is 0 Å². The maximum Gasteiger partial charge on any atom is 0.0101 e. The van der Waals surface area contributed by atoms with E-state index in [9.17, 15) is 0 Å². The molecule has 0 spiro atoms. The number of hydrogen-bond acceptors (Lipinski definition) is 2. The molecule has 2 heterocycles. The molecule has 2 rings (SSSR count). The van der Waals surface area contributed by atoms with E-state index in [-0.39, 0.29) is 0 Å². The van der Waals surface area contributed by atoms with E-state index in [2.05, 4.69) is 37.9 Å². The molecule has 1 N–H and O–H groups in total. The van der Waals surface area contributed by atoms with E-state index >= 15 is 0 Å². The van der Waals surface area contributed by atoms with Crippen molar-refractivity contribution in [1.29, 1.82) is 0 Å². The Bertz CT molecular complexity index is 248. The summed E-state index contributed by atoms with van der Waals surface area (Å²) in [7, 11) is 0. The van der Waals surface area contributed by atoms with Gasteiger partial charge in [-0.05, 0) is 49.6 Å². The first kappa shape index (κ1) is 13.4. The lowest BCUT2D eigenvalue weighted by molar-refractivity contribution is 0.135. The SMILES string of the molecule is CC(C)(C)CC1CCCN1CC1(C)CCNC1. The molecule has 2 unspecified atom stereocenters. The van der Waals surface area contributed by atoms with Crippen molar-refractivity contribution in [2.75, 3.05) is 26.2 Å². The van der Waals surface area contributed by atoms with Crippen LogP contribution in [0.15, 0.2) is 0 Å². The average Bonchev–Trinajstić information content (AvgIpc) is 2.75. The first-order valence-corrected chi connectivity index (χ1v) is 7.33. The number of rotatable bonds is 3. The van der Waals surface area contributed by atoms with Gasteiger partial charge in [0.15, 0.2) is 0 Å². The molecule has 0 radical (unpaired) electrons. The van der Waals surface area contributed by atoms with Gasteiger partial charge < -0.3 is 5.32 Å². The van der Waals surface area contributed by atoms with Crippen LogP contribution < -0.4 is 5.32 Å². The Morgan fingerprint density at radius 2 is 2.12 bits per heavy atom. The molecule has 0 aliphatic carbocycles. The highest BCUT2D eigenvalue weighted by molar-refractivity contribution is 4.91. The van der Waals surface area contributed by atoms with Gasteiger partial charge in [-0.2, -0.15) is 0 Å². The summed E-state index contributed by atoms with van der Waals surface area (Å²) in [6.07, 6.45) is 5.54. The second-order valence-electron chi connectivity index (χ2n) is 7.77. The largest absolute Gasteiger partial charge is 0.316 e. The lowest BCUT2D eigenvalue weighted by Crippen LogP contribution is -2.41. The van der Waals surface area contributed by atoms with Gasteiger partial charge in [-0.15, -0.1) is 0 Å². The van der Waals surface area contributed by atoms with Crippen molar-refractivity contribution in [2.45, 2.75) is 59.4 Å². The molecular formula is C15H30N2. The predicted octanol–water partition coefficient (Wildman–Crippen LogP) is 2.89. The fraction of sp³-hybridized carbons (Fsp3) is 1.00. The molecule has 2 fully saturated rings. The van der Waals surface area contributed by atoms with Gasteiger partial charge in [-0.25, -0.2) is 0 Å². The van der Waals surface area contributed by atoms with Crippen LogP contribution in [0.2, 0.25) is 0 Å². The monoisotopic (exact) mass is 238 g/mol. The van der Waals surface area contributed by atoms with Crippen molar-refractivity contribution in [3.8, 4) is 0 Å². The normalized spacial score (nSPS) is 35.6. The highest BCUT2D eigenvalue weighted by Gasteiger charge is 2.35. The van der Waals surface area contributed by atoms with Crippen LogP contribution in [0.3, 0.4) is 0 Å². The summed E-state index contributed by atoms with van der Waals surface area (Å²) in [6.45, 7) is 14.7. The zero-order valence-electron chi connectivity index (χ0n) is 12.2. The minimum atomic E-state index is 0.474. The fourth-order valence-corrected chi connectivity index (χ4v) is 3.54. The molecule has 0 amide bonds. The van der Waals surface area contributed by atoms with Gasteiger partial charge in [0.1, 0.15) is 0 Å². The molecular weight excluding hydrogens is 208 g/mol. The summed E-state index contributed by atoms with van der Waals surface area (Å²) in [5.74, 6) is 0. The predicted molar refractivity (Wildman–Crippen MR) is 74.3 cm³/mol. The van der Waals surface area contributed by atoms with Crippen molar-refractivity contribution in [3.63, 3.8) is 0 Å². The van der Waals surface area contributed by atoms with Crippen molar-refractivity contribution < 1.29 is 0 Å².